The summed E-state index contributed by atoms with van der Waals surface area (Å²) in [6, 6.07) is 36.3. The van der Waals surface area contributed by atoms with Crippen molar-refractivity contribution in [2.75, 3.05) is 4.90 Å². The average molecular weight is 478 g/mol. The lowest BCUT2D eigenvalue weighted by Crippen LogP contribution is -2.36. The van der Waals surface area contributed by atoms with Crippen LogP contribution in [-0.4, -0.2) is 0 Å². The molecule has 0 saturated heterocycles. The second kappa shape index (κ2) is 7.70. The van der Waals surface area contributed by atoms with Crippen molar-refractivity contribution in [1.82, 2.24) is 0 Å². The topological polar surface area (TPSA) is 3.24 Å². The van der Waals surface area contributed by atoms with E-state index in [-0.39, 0.29) is 5.41 Å². The van der Waals surface area contributed by atoms with Gasteiger partial charge >= 0.3 is 0 Å². The average Bonchev–Trinajstić information content (AvgIpc) is 3.20. The number of rotatable bonds is 1. The summed E-state index contributed by atoms with van der Waals surface area (Å²) in [5, 5.41) is 0. The molecule has 0 fully saturated rings. The third-order valence-corrected chi connectivity index (χ3v) is 8.98. The van der Waals surface area contributed by atoms with E-state index in [0.717, 1.165) is 0 Å². The van der Waals surface area contributed by atoms with Crippen molar-refractivity contribution in [2.45, 2.75) is 40.0 Å². The van der Waals surface area contributed by atoms with Crippen LogP contribution in [0, 0.1) is 34.6 Å². The number of nitrogens with zero attached hydrogens (tertiary/aromatic N) is 1. The first-order valence-corrected chi connectivity index (χ1v) is 13.2. The smallest absolute Gasteiger partial charge is 0.0754 e. The molecule has 0 N–H and O–H groups in total. The number of hydrogen-bond acceptors (Lipinski definition) is 1. The molecule has 1 spiro atoms. The molecule has 1 heteroatoms. The Balaban J connectivity index is 1.72. The van der Waals surface area contributed by atoms with Gasteiger partial charge in [0.05, 0.1) is 16.8 Å². The van der Waals surface area contributed by atoms with Crippen LogP contribution in [0.15, 0.2) is 97.1 Å². The van der Waals surface area contributed by atoms with Crippen molar-refractivity contribution in [3.8, 4) is 11.1 Å². The van der Waals surface area contributed by atoms with Gasteiger partial charge in [-0.1, -0.05) is 72.8 Å². The summed E-state index contributed by atoms with van der Waals surface area (Å²) in [4.78, 5) is 2.47. The third-order valence-electron chi connectivity index (χ3n) is 8.98. The summed E-state index contributed by atoms with van der Waals surface area (Å²) < 4.78 is 0. The summed E-state index contributed by atoms with van der Waals surface area (Å²) in [6.45, 7) is 11.3. The van der Waals surface area contributed by atoms with Gasteiger partial charge in [0, 0.05) is 5.69 Å². The Hall–Kier alpha value is -4.10. The van der Waals surface area contributed by atoms with Gasteiger partial charge in [0.1, 0.15) is 0 Å². The molecule has 1 unspecified atom stereocenters. The van der Waals surface area contributed by atoms with Crippen LogP contribution < -0.4 is 4.90 Å². The van der Waals surface area contributed by atoms with E-state index < -0.39 is 0 Å². The van der Waals surface area contributed by atoms with Crippen molar-refractivity contribution >= 4 is 17.1 Å². The normalized spacial score (nSPS) is 16.8. The Morgan fingerprint density at radius 1 is 0.486 bits per heavy atom. The van der Waals surface area contributed by atoms with Gasteiger partial charge in [-0.05, 0) is 120 Å². The minimum Gasteiger partial charge on any atom is -0.310 e. The van der Waals surface area contributed by atoms with Crippen LogP contribution in [0.3, 0.4) is 0 Å². The molecule has 0 aromatic heterocycles. The zero-order valence-corrected chi connectivity index (χ0v) is 22.2. The molecule has 7 rings (SSSR count). The lowest BCUT2D eigenvalue weighted by atomic mass is 9.64. The van der Waals surface area contributed by atoms with E-state index in [1.807, 2.05) is 0 Å². The van der Waals surface area contributed by atoms with E-state index >= 15 is 0 Å². The number of para-hydroxylation sites is 2. The molecule has 5 aromatic carbocycles. The molecule has 1 heterocycles. The van der Waals surface area contributed by atoms with E-state index in [1.54, 1.807) is 0 Å². The summed E-state index contributed by atoms with van der Waals surface area (Å²) in [5.74, 6) is 0. The van der Waals surface area contributed by atoms with E-state index in [9.17, 15) is 0 Å². The predicted molar refractivity (Wildman–Crippen MR) is 156 cm³/mol. The number of hydrogen-bond donors (Lipinski definition) is 0. The van der Waals surface area contributed by atoms with E-state index in [4.69, 9.17) is 0 Å². The molecule has 2 aliphatic rings. The Morgan fingerprint density at radius 2 is 1.11 bits per heavy atom. The first kappa shape index (κ1) is 22.1. The minimum atomic E-state index is -0.370. The summed E-state index contributed by atoms with van der Waals surface area (Å²) in [6.07, 6.45) is 0. The molecule has 5 aromatic rings. The maximum Gasteiger partial charge on any atom is 0.0754 e. The predicted octanol–water partition coefficient (Wildman–Crippen LogP) is 9.37. The number of fused-ring (bicyclic) bond motifs is 9. The van der Waals surface area contributed by atoms with Gasteiger partial charge < -0.3 is 4.90 Å². The second-order valence-corrected chi connectivity index (χ2v) is 10.8. The molecule has 0 bridgehead atoms. The molecule has 0 radical (unpaired) electrons. The highest BCUT2D eigenvalue weighted by atomic mass is 15.2. The Bertz CT molecular complexity index is 1730. The third kappa shape index (κ3) is 2.75. The molecule has 180 valence electrons. The molecule has 0 saturated carbocycles. The van der Waals surface area contributed by atoms with E-state index in [0.29, 0.717) is 0 Å². The van der Waals surface area contributed by atoms with Crippen molar-refractivity contribution < 1.29 is 0 Å². The standard InChI is InChI=1S/C36H31N/c1-22-19-31-34(21-23(22)2)37(27-13-7-6-8-14-27)33-18-12-11-17-30(33)36(31)29-16-10-9-15-28(29)35-26(5)25(4)24(3)20-32(35)36/h6-21H,1-5H3. The fourth-order valence-corrected chi connectivity index (χ4v) is 6.88. The maximum absolute atomic E-state index is 2.48. The summed E-state index contributed by atoms with van der Waals surface area (Å²) in [5.41, 5.74) is 18.4. The van der Waals surface area contributed by atoms with E-state index in [1.165, 1.54) is 78.3 Å². The van der Waals surface area contributed by atoms with Gasteiger partial charge in [-0.15, -0.1) is 0 Å². The molecule has 1 aliphatic carbocycles. The van der Waals surface area contributed by atoms with Crippen LogP contribution in [0.1, 0.15) is 50.1 Å². The van der Waals surface area contributed by atoms with E-state index in [2.05, 4.69) is 137 Å². The Labute approximate surface area is 220 Å². The minimum absolute atomic E-state index is 0.370. The van der Waals surface area contributed by atoms with Crippen molar-refractivity contribution in [3.63, 3.8) is 0 Å². The van der Waals surface area contributed by atoms with Crippen molar-refractivity contribution in [3.05, 3.63) is 147 Å². The largest absolute Gasteiger partial charge is 0.310 e. The zero-order chi connectivity index (χ0) is 25.5. The van der Waals surface area contributed by atoms with Crippen LogP contribution >= 0.6 is 0 Å². The SMILES string of the molecule is Cc1cc2c(cc1C)C1(c3ccccc3-c3c1cc(C)c(C)c3C)c1ccccc1N2c1ccccc1. The van der Waals surface area contributed by atoms with Gasteiger partial charge in [0.2, 0.25) is 0 Å². The number of benzene rings is 5. The van der Waals surface area contributed by atoms with Gasteiger partial charge in [0.15, 0.2) is 0 Å². The number of aryl methyl sites for hydroxylation is 3. The molecule has 1 atom stereocenters. The quantitative estimate of drug-likeness (QED) is 0.228. The molecule has 1 aliphatic heterocycles. The van der Waals surface area contributed by atoms with Crippen LogP contribution in [0.2, 0.25) is 0 Å². The maximum atomic E-state index is 2.48. The monoisotopic (exact) mass is 477 g/mol. The Morgan fingerprint density at radius 3 is 1.89 bits per heavy atom. The van der Waals surface area contributed by atoms with Crippen molar-refractivity contribution in [1.29, 1.82) is 0 Å². The highest BCUT2D eigenvalue weighted by Gasteiger charge is 2.52. The second-order valence-electron chi connectivity index (χ2n) is 10.8. The molecular weight excluding hydrogens is 446 g/mol. The van der Waals surface area contributed by atoms with Crippen LogP contribution in [0.4, 0.5) is 17.1 Å². The highest BCUT2D eigenvalue weighted by molar-refractivity contribution is 5.97. The first-order chi connectivity index (χ1) is 17.9. The Kier molecular flexibility index (Phi) is 4.60. The zero-order valence-electron chi connectivity index (χ0n) is 22.2. The summed E-state index contributed by atoms with van der Waals surface area (Å²) >= 11 is 0. The fourth-order valence-electron chi connectivity index (χ4n) is 6.88. The van der Waals surface area contributed by atoms with Gasteiger partial charge in [-0.2, -0.15) is 0 Å². The van der Waals surface area contributed by atoms with Gasteiger partial charge in [-0.3, -0.25) is 0 Å². The van der Waals surface area contributed by atoms with Crippen molar-refractivity contribution in [2.24, 2.45) is 0 Å². The molecule has 37 heavy (non-hydrogen) atoms. The first-order valence-electron chi connectivity index (χ1n) is 13.2. The van der Waals surface area contributed by atoms with Crippen LogP contribution in [0.25, 0.3) is 11.1 Å². The molecule has 0 amide bonds. The van der Waals surface area contributed by atoms with Gasteiger partial charge in [0.25, 0.3) is 0 Å². The highest BCUT2D eigenvalue weighted by Crippen LogP contribution is 2.64. The lowest BCUT2D eigenvalue weighted by molar-refractivity contribution is 0.749. The fraction of sp³-hybridized carbons (Fsp3) is 0.167. The van der Waals surface area contributed by atoms with Gasteiger partial charge in [-0.25, -0.2) is 0 Å². The van der Waals surface area contributed by atoms with Crippen LogP contribution in [-0.2, 0) is 5.41 Å². The number of anilines is 3. The summed E-state index contributed by atoms with van der Waals surface area (Å²) in [7, 11) is 0. The molecule has 1 nitrogen and oxygen atoms in total. The lowest BCUT2D eigenvalue weighted by Gasteiger charge is -2.45. The van der Waals surface area contributed by atoms with Crippen LogP contribution in [0.5, 0.6) is 0 Å². The molecular formula is C36H31N.